The summed E-state index contributed by atoms with van der Waals surface area (Å²) in [4.78, 5) is -0.182. The topological polar surface area (TPSA) is 110 Å². The second-order valence-electron chi connectivity index (χ2n) is 6.63. The van der Waals surface area contributed by atoms with E-state index in [4.69, 9.17) is 5.73 Å². The summed E-state index contributed by atoms with van der Waals surface area (Å²) in [5.41, 5.74) is 5.77. The van der Waals surface area contributed by atoms with Gasteiger partial charge in [0.05, 0.1) is 16.3 Å². The predicted octanol–water partition coefficient (Wildman–Crippen LogP) is 0.945. The zero-order valence-corrected chi connectivity index (χ0v) is 15.5. The minimum atomic E-state index is -3.83. The van der Waals surface area contributed by atoms with Crippen molar-refractivity contribution in [2.75, 3.05) is 23.6 Å². The lowest BCUT2D eigenvalue weighted by Crippen LogP contribution is -2.33. The number of nitrogens with two attached hydrogens (primary N) is 1. The van der Waals surface area contributed by atoms with Gasteiger partial charge in [0, 0.05) is 19.1 Å². The van der Waals surface area contributed by atoms with Crippen molar-refractivity contribution in [2.45, 2.75) is 30.7 Å². The summed E-state index contributed by atoms with van der Waals surface area (Å²) in [6.07, 6.45) is 1.81. The number of halogens is 1. The van der Waals surface area contributed by atoms with E-state index >= 15 is 0 Å². The van der Waals surface area contributed by atoms with E-state index in [0.29, 0.717) is 13.1 Å². The summed E-state index contributed by atoms with van der Waals surface area (Å²) in [7, 11) is -7.47. The van der Waals surface area contributed by atoms with E-state index in [2.05, 4.69) is 4.72 Å². The second-order valence-corrected chi connectivity index (χ2v) is 10.6. The molecule has 0 radical (unpaired) electrons. The van der Waals surface area contributed by atoms with Crippen LogP contribution in [0.15, 0.2) is 23.1 Å². The third kappa shape index (κ3) is 3.53. The van der Waals surface area contributed by atoms with Gasteiger partial charge in [-0.05, 0) is 49.8 Å². The molecule has 2 fully saturated rings. The minimum absolute atomic E-state index is 0.00719. The number of hydrogen-bond donors (Lipinski definition) is 2. The third-order valence-corrected chi connectivity index (χ3v) is 8.22. The average molecular weight is 391 g/mol. The van der Waals surface area contributed by atoms with E-state index in [1.807, 2.05) is 0 Å². The number of rotatable bonds is 5. The number of anilines is 1. The van der Waals surface area contributed by atoms with Crippen molar-refractivity contribution < 1.29 is 21.2 Å². The van der Waals surface area contributed by atoms with E-state index in [1.165, 1.54) is 17.3 Å². The molecule has 1 saturated heterocycles. The number of nitrogens with zero attached hydrogens (tertiary/aromatic N) is 1. The van der Waals surface area contributed by atoms with Crippen LogP contribution in [0.2, 0.25) is 0 Å². The number of nitrogens with one attached hydrogen (secondary N) is 1. The smallest absolute Gasteiger partial charge is 0.243 e. The molecular weight excluding hydrogens is 369 g/mol. The van der Waals surface area contributed by atoms with Gasteiger partial charge >= 0.3 is 0 Å². The normalized spacial score (nSPS) is 27.4. The molecule has 1 aromatic carbocycles. The Morgan fingerprint density at radius 1 is 1.24 bits per heavy atom. The van der Waals surface area contributed by atoms with Gasteiger partial charge in [-0.2, -0.15) is 4.31 Å². The molecular formula is C15H22FN3O4S2. The summed E-state index contributed by atoms with van der Waals surface area (Å²) in [5.74, 6) is -0.724. The van der Waals surface area contributed by atoms with Crippen molar-refractivity contribution in [1.82, 2.24) is 4.31 Å². The average Bonchev–Trinajstić information content (AvgIpc) is 3.12. The van der Waals surface area contributed by atoms with E-state index in [-0.39, 0.29) is 34.2 Å². The Morgan fingerprint density at radius 3 is 2.56 bits per heavy atom. The van der Waals surface area contributed by atoms with Gasteiger partial charge in [0.15, 0.2) is 0 Å². The first-order chi connectivity index (χ1) is 11.6. The van der Waals surface area contributed by atoms with E-state index < -0.39 is 25.9 Å². The van der Waals surface area contributed by atoms with Crippen molar-refractivity contribution in [3.05, 3.63) is 24.0 Å². The fraction of sp³-hybridized carbons (Fsp3) is 0.600. The van der Waals surface area contributed by atoms with E-state index in [9.17, 15) is 21.2 Å². The molecule has 3 unspecified atom stereocenters. The van der Waals surface area contributed by atoms with Crippen LogP contribution in [0.3, 0.4) is 0 Å². The minimum Gasteiger partial charge on any atom is -0.327 e. The van der Waals surface area contributed by atoms with Crippen molar-refractivity contribution in [1.29, 1.82) is 0 Å². The first-order valence-electron chi connectivity index (χ1n) is 8.20. The van der Waals surface area contributed by atoms with Crippen LogP contribution < -0.4 is 10.5 Å². The quantitative estimate of drug-likeness (QED) is 0.776. The van der Waals surface area contributed by atoms with Gasteiger partial charge in [0.2, 0.25) is 20.0 Å². The van der Waals surface area contributed by atoms with Crippen LogP contribution in [0.25, 0.3) is 0 Å². The molecule has 7 nitrogen and oxygen atoms in total. The summed E-state index contributed by atoms with van der Waals surface area (Å²) >= 11 is 0. The molecule has 0 bridgehead atoms. The van der Waals surface area contributed by atoms with Crippen molar-refractivity contribution in [2.24, 2.45) is 17.6 Å². The second kappa shape index (κ2) is 6.49. The summed E-state index contributed by atoms with van der Waals surface area (Å²) in [6, 6.07) is 3.22. The van der Waals surface area contributed by atoms with Crippen LogP contribution in [-0.2, 0) is 20.0 Å². The number of benzene rings is 1. The third-order valence-electron chi connectivity index (χ3n) is 5.10. The molecule has 0 amide bonds. The molecule has 2 aliphatic rings. The molecule has 3 N–H and O–H groups in total. The SMILES string of the molecule is CCS(=O)(=O)Nc1ccc(S(=O)(=O)N2CC3CCC(N)C3C2)cc1F. The Labute approximate surface area is 147 Å². The first-order valence-corrected chi connectivity index (χ1v) is 11.3. The van der Waals surface area contributed by atoms with Crippen LogP contribution in [0.4, 0.5) is 10.1 Å². The van der Waals surface area contributed by atoms with E-state index in [0.717, 1.165) is 25.0 Å². The Kier molecular flexibility index (Phi) is 4.82. The maximum Gasteiger partial charge on any atom is 0.243 e. The Balaban J connectivity index is 1.83. The van der Waals surface area contributed by atoms with Gasteiger partial charge in [0.25, 0.3) is 0 Å². The molecule has 1 aliphatic heterocycles. The van der Waals surface area contributed by atoms with Crippen molar-refractivity contribution in [3.63, 3.8) is 0 Å². The number of sulfonamides is 2. The van der Waals surface area contributed by atoms with Gasteiger partial charge in [-0.25, -0.2) is 21.2 Å². The van der Waals surface area contributed by atoms with Gasteiger partial charge < -0.3 is 5.73 Å². The Bertz CT molecular complexity index is 873. The number of fused-ring (bicyclic) bond motifs is 1. The lowest BCUT2D eigenvalue weighted by molar-refractivity contribution is 0.426. The molecule has 1 aliphatic carbocycles. The highest BCUT2D eigenvalue weighted by Crippen LogP contribution is 2.39. The van der Waals surface area contributed by atoms with Crippen LogP contribution in [0.5, 0.6) is 0 Å². The fourth-order valence-electron chi connectivity index (χ4n) is 3.59. The van der Waals surface area contributed by atoms with Crippen molar-refractivity contribution >= 4 is 25.7 Å². The van der Waals surface area contributed by atoms with Crippen molar-refractivity contribution in [3.8, 4) is 0 Å². The monoisotopic (exact) mass is 391 g/mol. The van der Waals surface area contributed by atoms with Gasteiger partial charge in [-0.1, -0.05) is 0 Å². The lowest BCUT2D eigenvalue weighted by Gasteiger charge is -2.19. The van der Waals surface area contributed by atoms with E-state index in [1.54, 1.807) is 0 Å². The molecule has 3 rings (SSSR count). The molecule has 10 heteroatoms. The highest BCUT2D eigenvalue weighted by atomic mass is 32.2. The molecule has 3 atom stereocenters. The largest absolute Gasteiger partial charge is 0.327 e. The highest BCUT2D eigenvalue weighted by molar-refractivity contribution is 7.92. The molecule has 1 saturated carbocycles. The maximum atomic E-state index is 14.2. The summed E-state index contributed by atoms with van der Waals surface area (Å²) in [5, 5.41) is 0. The van der Waals surface area contributed by atoms with Gasteiger partial charge in [-0.15, -0.1) is 0 Å². The fourth-order valence-corrected chi connectivity index (χ4v) is 5.78. The summed E-state index contributed by atoms with van der Waals surface area (Å²) < 4.78 is 66.2. The highest BCUT2D eigenvalue weighted by Gasteiger charge is 2.45. The molecule has 0 spiro atoms. The lowest BCUT2D eigenvalue weighted by atomic mass is 9.98. The number of hydrogen-bond acceptors (Lipinski definition) is 5. The predicted molar refractivity (Wildman–Crippen MR) is 92.4 cm³/mol. The molecule has 1 aromatic rings. The first kappa shape index (κ1) is 18.6. The van der Waals surface area contributed by atoms with Gasteiger partial charge in [0.1, 0.15) is 5.82 Å². The van der Waals surface area contributed by atoms with Crippen LogP contribution in [0, 0.1) is 17.7 Å². The molecule has 1 heterocycles. The Hall–Kier alpha value is -1.23. The molecule has 25 heavy (non-hydrogen) atoms. The Morgan fingerprint density at radius 2 is 1.96 bits per heavy atom. The van der Waals surface area contributed by atoms with Crippen LogP contribution in [0.1, 0.15) is 19.8 Å². The summed E-state index contributed by atoms with van der Waals surface area (Å²) in [6.45, 7) is 2.17. The zero-order valence-electron chi connectivity index (χ0n) is 13.9. The zero-order chi connectivity index (χ0) is 18.4. The standard InChI is InChI=1S/C15H22FN3O4S2/c1-2-24(20,21)18-15-6-4-11(7-13(15)16)25(22,23)19-8-10-3-5-14(17)12(10)9-19/h4,6-7,10,12,14,18H,2-3,5,8-9,17H2,1H3. The molecule has 140 valence electrons. The van der Waals surface area contributed by atoms with Crippen LogP contribution >= 0.6 is 0 Å². The maximum absolute atomic E-state index is 14.2. The van der Waals surface area contributed by atoms with Gasteiger partial charge in [-0.3, -0.25) is 4.72 Å². The van der Waals surface area contributed by atoms with Crippen LogP contribution in [-0.4, -0.2) is 46.0 Å². The molecule has 0 aromatic heterocycles.